The van der Waals surface area contributed by atoms with Crippen molar-refractivity contribution in [2.45, 2.75) is 6.42 Å². The standard InChI is InChI=1S/C50H32/c1-2-14-38-31-40(28-23-33(38)11-1)50-46-20-8-7-19-45(46)49(37-26-24-36(25-27-37)43-21-9-15-34-12-3-5-17-41(34)43)48-32-39(29-30-47(48)50)44-22-10-16-35-13-4-6-18-42(35)44/h2-13,15-32H,14H2. The van der Waals surface area contributed by atoms with Crippen molar-refractivity contribution in [1.82, 2.24) is 0 Å². The average molecular weight is 633 g/mol. The Kier molecular flexibility index (Phi) is 6.62. The Balaban J connectivity index is 1.25. The van der Waals surface area contributed by atoms with Gasteiger partial charge in [0, 0.05) is 0 Å². The number of hydrogen-bond donors (Lipinski definition) is 0. The Morgan fingerprint density at radius 3 is 1.58 bits per heavy atom. The molecule has 0 aliphatic heterocycles. The molecule has 0 aromatic heterocycles. The van der Waals surface area contributed by atoms with E-state index in [4.69, 9.17) is 0 Å². The fraction of sp³-hybridized carbons (Fsp3) is 0.0200. The molecule has 0 heterocycles. The number of fused-ring (bicyclic) bond motifs is 5. The van der Waals surface area contributed by atoms with Crippen molar-refractivity contribution in [2.75, 3.05) is 0 Å². The second-order valence-corrected chi connectivity index (χ2v) is 13.3. The summed E-state index contributed by atoms with van der Waals surface area (Å²) < 4.78 is 0. The van der Waals surface area contributed by atoms with Crippen molar-refractivity contribution < 1.29 is 0 Å². The Bertz CT molecular complexity index is 2850. The summed E-state index contributed by atoms with van der Waals surface area (Å²) in [4.78, 5) is 0. The Morgan fingerprint density at radius 1 is 0.360 bits per heavy atom. The van der Waals surface area contributed by atoms with Crippen molar-refractivity contribution >= 4 is 49.2 Å². The minimum Gasteiger partial charge on any atom is -0.124 e. The molecule has 0 spiro atoms. The number of hydrogen-bond acceptors (Lipinski definition) is 0. The summed E-state index contributed by atoms with van der Waals surface area (Å²) in [6.07, 6.45) is 5.13. The summed E-state index contributed by atoms with van der Waals surface area (Å²) in [5, 5.41) is 10.1. The molecule has 0 unspecified atom stereocenters. The maximum Gasteiger partial charge on any atom is -0.00149 e. The topological polar surface area (TPSA) is 0 Å². The van der Waals surface area contributed by atoms with Crippen LogP contribution in [0.1, 0.15) is 11.1 Å². The summed E-state index contributed by atoms with van der Waals surface area (Å²) in [5.41, 5.74) is 15.9. The van der Waals surface area contributed by atoms with E-state index in [0.29, 0.717) is 0 Å². The highest BCUT2D eigenvalue weighted by atomic mass is 14.2. The van der Waals surface area contributed by atoms with E-state index in [2.05, 4.69) is 188 Å². The van der Waals surface area contributed by atoms with Crippen molar-refractivity contribution in [3.63, 3.8) is 0 Å². The van der Waals surface area contributed by atoms with Gasteiger partial charge >= 0.3 is 0 Å². The van der Waals surface area contributed by atoms with E-state index < -0.39 is 0 Å². The molecule has 0 heteroatoms. The first-order chi connectivity index (χ1) is 24.8. The maximum atomic E-state index is 3.29. The zero-order chi connectivity index (χ0) is 33.0. The Labute approximate surface area is 291 Å². The van der Waals surface area contributed by atoms with Gasteiger partial charge in [0.1, 0.15) is 0 Å². The van der Waals surface area contributed by atoms with Crippen LogP contribution in [-0.2, 0) is 6.42 Å². The lowest BCUT2D eigenvalue weighted by molar-refractivity contribution is 1.25. The van der Waals surface area contributed by atoms with Gasteiger partial charge in [-0.25, -0.2) is 0 Å². The number of allylic oxidation sites excluding steroid dienone is 1. The summed E-state index contributed by atoms with van der Waals surface area (Å²) in [6.45, 7) is 0. The minimum absolute atomic E-state index is 0.905. The second-order valence-electron chi connectivity index (χ2n) is 13.3. The van der Waals surface area contributed by atoms with Crippen molar-refractivity contribution in [1.29, 1.82) is 0 Å². The van der Waals surface area contributed by atoms with Gasteiger partial charge in [0.25, 0.3) is 0 Å². The monoisotopic (exact) mass is 632 g/mol. The van der Waals surface area contributed by atoms with E-state index in [1.807, 2.05) is 0 Å². The second kappa shape index (κ2) is 11.6. The largest absolute Gasteiger partial charge is 0.124 e. The first kappa shape index (κ1) is 28.5. The highest BCUT2D eigenvalue weighted by molar-refractivity contribution is 6.22. The first-order valence-corrected chi connectivity index (χ1v) is 17.4. The van der Waals surface area contributed by atoms with Crippen LogP contribution in [-0.4, -0.2) is 0 Å². The minimum atomic E-state index is 0.905. The fourth-order valence-electron chi connectivity index (χ4n) is 8.14. The van der Waals surface area contributed by atoms with Gasteiger partial charge in [-0.3, -0.25) is 0 Å². The van der Waals surface area contributed by atoms with Gasteiger partial charge in [-0.2, -0.15) is 0 Å². The van der Waals surface area contributed by atoms with E-state index in [0.717, 1.165) is 6.42 Å². The number of benzene rings is 9. The zero-order valence-electron chi connectivity index (χ0n) is 27.5. The summed E-state index contributed by atoms with van der Waals surface area (Å²) >= 11 is 0. The van der Waals surface area contributed by atoms with Gasteiger partial charge in [-0.1, -0.05) is 164 Å². The van der Waals surface area contributed by atoms with Gasteiger partial charge in [-0.05, 0) is 123 Å². The molecule has 0 N–H and O–H groups in total. The highest BCUT2D eigenvalue weighted by Gasteiger charge is 2.19. The van der Waals surface area contributed by atoms with Crippen molar-refractivity contribution in [3.8, 4) is 44.5 Å². The predicted molar refractivity (Wildman–Crippen MR) is 214 cm³/mol. The molecule has 1 aliphatic rings. The molecule has 0 atom stereocenters. The van der Waals surface area contributed by atoms with Crippen LogP contribution in [0.2, 0.25) is 0 Å². The molecule has 9 aromatic rings. The molecule has 10 rings (SSSR count). The third-order valence-corrected chi connectivity index (χ3v) is 10.5. The number of rotatable bonds is 4. The van der Waals surface area contributed by atoms with Gasteiger partial charge in [0.15, 0.2) is 0 Å². The smallest absolute Gasteiger partial charge is 0.00149 e. The summed E-state index contributed by atoms with van der Waals surface area (Å²) in [5.74, 6) is 0. The molecule has 0 fully saturated rings. The summed E-state index contributed by atoms with van der Waals surface area (Å²) in [6, 6.07) is 62.8. The van der Waals surface area contributed by atoms with Gasteiger partial charge in [-0.15, -0.1) is 5.73 Å². The molecule has 1 aliphatic carbocycles. The lowest BCUT2D eigenvalue weighted by Gasteiger charge is -2.20. The lowest BCUT2D eigenvalue weighted by atomic mass is 9.83. The van der Waals surface area contributed by atoms with Crippen LogP contribution >= 0.6 is 0 Å². The normalized spacial score (nSPS) is 12.2. The molecular formula is C50H32. The third kappa shape index (κ3) is 4.62. The van der Waals surface area contributed by atoms with Crippen LogP contribution in [0.3, 0.4) is 0 Å². The van der Waals surface area contributed by atoms with Crippen LogP contribution < -0.4 is 0 Å². The van der Waals surface area contributed by atoms with E-state index in [1.54, 1.807) is 0 Å². The average Bonchev–Trinajstić information content (AvgIpc) is 3.19. The summed E-state index contributed by atoms with van der Waals surface area (Å²) in [7, 11) is 0. The lowest BCUT2D eigenvalue weighted by Crippen LogP contribution is -1.95. The molecule has 0 bridgehead atoms. The molecule has 9 aromatic carbocycles. The van der Waals surface area contributed by atoms with Crippen LogP contribution in [0.4, 0.5) is 0 Å². The van der Waals surface area contributed by atoms with E-state index in [9.17, 15) is 0 Å². The van der Waals surface area contributed by atoms with E-state index >= 15 is 0 Å². The Morgan fingerprint density at radius 2 is 0.880 bits per heavy atom. The van der Waals surface area contributed by atoms with Crippen LogP contribution in [0.5, 0.6) is 0 Å². The quantitative estimate of drug-likeness (QED) is 0.134. The van der Waals surface area contributed by atoms with Crippen LogP contribution in [0.25, 0.3) is 93.7 Å². The predicted octanol–water partition coefficient (Wildman–Crippen LogP) is 13.7. The molecule has 0 saturated carbocycles. The van der Waals surface area contributed by atoms with Gasteiger partial charge in [0.2, 0.25) is 0 Å². The Hall–Kier alpha value is -6.46. The molecule has 50 heavy (non-hydrogen) atoms. The first-order valence-electron chi connectivity index (χ1n) is 17.4. The maximum absolute atomic E-state index is 3.29. The van der Waals surface area contributed by atoms with Crippen LogP contribution in [0, 0.1) is 0 Å². The van der Waals surface area contributed by atoms with Gasteiger partial charge < -0.3 is 0 Å². The molecule has 0 amide bonds. The molecule has 232 valence electrons. The van der Waals surface area contributed by atoms with Crippen molar-refractivity contribution in [3.05, 3.63) is 193 Å². The van der Waals surface area contributed by atoms with Gasteiger partial charge in [0.05, 0.1) is 0 Å². The highest BCUT2D eigenvalue weighted by Crippen LogP contribution is 2.46. The molecule has 0 nitrogen and oxygen atoms in total. The SMILES string of the molecule is C1=CCc2cc(-c3c4ccccc4c(-c4ccc(-c5cccc6ccccc56)cc4)c4cc(-c5cccc6ccccc56)ccc34)ccc2C=1. The fourth-order valence-corrected chi connectivity index (χ4v) is 8.14. The molecular weight excluding hydrogens is 601 g/mol. The van der Waals surface area contributed by atoms with Crippen LogP contribution in [0.15, 0.2) is 182 Å². The van der Waals surface area contributed by atoms with E-state index in [-0.39, 0.29) is 0 Å². The van der Waals surface area contributed by atoms with Crippen molar-refractivity contribution in [2.24, 2.45) is 0 Å². The van der Waals surface area contributed by atoms with E-state index in [1.165, 1.54) is 98.7 Å². The molecule has 0 saturated heterocycles. The molecule has 0 radical (unpaired) electrons. The third-order valence-electron chi connectivity index (χ3n) is 10.5. The zero-order valence-corrected chi connectivity index (χ0v) is 27.5.